The summed E-state index contributed by atoms with van der Waals surface area (Å²) in [5, 5.41) is 22.7. The minimum absolute atomic E-state index is 0.111. The fourth-order valence-electron chi connectivity index (χ4n) is 1.54. The van der Waals surface area contributed by atoms with Gasteiger partial charge in [-0.05, 0) is 13.3 Å². The number of halogens is 1. The Morgan fingerprint density at radius 2 is 2.20 bits per heavy atom. The monoisotopic (exact) mass is 286 g/mol. The average molecular weight is 286 g/mol. The average Bonchev–Trinajstić information content (AvgIpc) is 2.39. The molecule has 0 aliphatic heterocycles. The Labute approximate surface area is 114 Å². The van der Waals surface area contributed by atoms with E-state index in [-0.39, 0.29) is 17.9 Å². The number of nitrogens with zero attached hydrogens (tertiary/aromatic N) is 1. The van der Waals surface area contributed by atoms with Crippen molar-refractivity contribution in [2.45, 2.75) is 25.8 Å². The highest BCUT2D eigenvalue weighted by molar-refractivity contribution is 5.83. The molecular formula is C12H15FN2O5. The number of carboxylic acid groups (broad SMARTS) is 1. The number of aliphatic carboxylic acids is 1. The molecular weight excluding hydrogens is 271 g/mol. The molecule has 0 aliphatic carbocycles. The van der Waals surface area contributed by atoms with E-state index in [1.807, 2.05) is 0 Å². The van der Waals surface area contributed by atoms with Crippen LogP contribution in [0.5, 0.6) is 5.75 Å². The number of nitro groups is 1. The maximum atomic E-state index is 13.5. The van der Waals surface area contributed by atoms with Gasteiger partial charge in [-0.25, -0.2) is 9.18 Å². The lowest BCUT2D eigenvalue weighted by Crippen LogP contribution is -2.42. The van der Waals surface area contributed by atoms with E-state index in [0.29, 0.717) is 6.07 Å². The smallest absolute Gasteiger partial charge is 0.329 e. The van der Waals surface area contributed by atoms with E-state index in [0.717, 1.165) is 6.07 Å². The molecule has 20 heavy (non-hydrogen) atoms. The van der Waals surface area contributed by atoms with Crippen LogP contribution in [0.2, 0.25) is 0 Å². The van der Waals surface area contributed by atoms with Crippen molar-refractivity contribution >= 4 is 17.3 Å². The first kappa shape index (κ1) is 15.7. The zero-order valence-corrected chi connectivity index (χ0v) is 11.3. The molecule has 0 saturated carbocycles. The lowest BCUT2D eigenvalue weighted by atomic mass is 9.98. The fraction of sp³-hybridized carbons (Fsp3) is 0.417. The molecule has 0 aromatic heterocycles. The molecule has 1 atom stereocenters. The lowest BCUT2D eigenvalue weighted by molar-refractivity contribution is -0.384. The summed E-state index contributed by atoms with van der Waals surface area (Å²) in [4.78, 5) is 21.4. The molecule has 0 spiro atoms. The van der Waals surface area contributed by atoms with Gasteiger partial charge in [0.05, 0.1) is 18.1 Å². The van der Waals surface area contributed by atoms with Gasteiger partial charge in [0.1, 0.15) is 11.2 Å². The van der Waals surface area contributed by atoms with Crippen LogP contribution in [-0.2, 0) is 4.79 Å². The molecule has 1 rings (SSSR count). The zero-order chi connectivity index (χ0) is 15.5. The fourth-order valence-corrected chi connectivity index (χ4v) is 1.54. The second-order valence-corrected chi connectivity index (χ2v) is 4.38. The Kier molecular flexibility index (Phi) is 4.49. The van der Waals surface area contributed by atoms with Crippen LogP contribution in [0.25, 0.3) is 0 Å². The van der Waals surface area contributed by atoms with Crippen LogP contribution >= 0.6 is 0 Å². The van der Waals surface area contributed by atoms with Gasteiger partial charge in [-0.3, -0.25) is 10.1 Å². The number of anilines is 1. The van der Waals surface area contributed by atoms with E-state index in [9.17, 15) is 19.3 Å². The SMILES string of the molecule is CCC(C)(Nc1cc(OC)c(F)cc1[N+](=O)[O-])C(=O)O. The predicted octanol–water partition coefficient (Wildman–Crippen LogP) is 2.41. The molecule has 1 aromatic carbocycles. The van der Waals surface area contributed by atoms with E-state index in [1.165, 1.54) is 14.0 Å². The highest BCUT2D eigenvalue weighted by Crippen LogP contribution is 2.34. The summed E-state index contributed by atoms with van der Waals surface area (Å²) in [5.41, 5.74) is -2.07. The van der Waals surface area contributed by atoms with Gasteiger partial charge in [0.25, 0.3) is 5.69 Å². The van der Waals surface area contributed by atoms with Gasteiger partial charge in [-0.15, -0.1) is 0 Å². The predicted molar refractivity (Wildman–Crippen MR) is 69.6 cm³/mol. The number of nitrogens with one attached hydrogen (secondary N) is 1. The van der Waals surface area contributed by atoms with E-state index in [2.05, 4.69) is 5.32 Å². The summed E-state index contributed by atoms with van der Waals surface area (Å²) >= 11 is 0. The number of carbonyl (C=O) groups is 1. The number of carboxylic acids is 1. The Balaban J connectivity index is 3.35. The van der Waals surface area contributed by atoms with Crippen LogP contribution in [0, 0.1) is 15.9 Å². The van der Waals surface area contributed by atoms with Crippen LogP contribution in [0.1, 0.15) is 20.3 Å². The maximum absolute atomic E-state index is 13.5. The van der Waals surface area contributed by atoms with Gasteiger partial charge in [0, 0.05) is 6.07 Å². The number of hydrogen-bond acceptors (Lipinski definition) is 5. The summed E-state index contributed by atoms with van der Waals surface area (Å²) in [6.07, 6.45) is 0.180. The molecule has 8 heteroatoms. The molecule has 0 bridgehead atoms. The van der Waals surface area contributed by atoms with E-state index in [4.69, 9.17) is 9.84 Å². The first-order valence-electron chi connectivity index (χ1n) is 5.78. The third kappa shape index (κ3) is 2.95. The van der Waals surface area contributed by atoms with Crippen molar-refractivity contribution < 1.29 is 24.0 Å². The van der Waals surface area contributed by atoms with Crippen molar-refractivity contribution in [1.82, 2.24) is 0 Å². The second kappa shape index (κ2) is 5.72. The molecule has 0 heterocycles. The van der Waals surface area contributed by atoms with Gasteiger partial charge in [0.2, 0.25) is 0 Å². The summed E-state index contributed by atoms with van der Waals surface area (Å²) in [6, 6.07) is 1.77. The number of methoxy groups -OCH3 is 1. The minimum atomic E-state index is -1.41. The van der Waals surface area contributed by atoms with Gasteiger partial charge in [0.15, 0.2) is 11.6 Å². The summed E-state index contributed by atoms with van der Waals surface area (Å²) < 4.78 is 18.2. The van der Waals surface area contributed by atoms with Gasteiger partial charge in [-0.2, -0.15) is 0 Å². The summed E-state index contributed by atoms with van der Waals surface area (Å²) in [6.45, 7) is 3.00. The summed E-state index contributed by atoms with van der Waals surface area (Å²) in [7, 11) is 1.21. The van der Waals surface area contributed by atoms with Crippen LogP contribution in [0.3, 0.4) is 0 Å². The largest absolute Gasteiger partial charge is 0.494 e. The van der Waals surface area contributed by atoms with Crippen molar-refractivity contribution in [2.75, 3.05) is 12.4 Å². The third-order valence-electron chi connectivity index (χ3n) is 3.06. The molecule has 7 nitrogen and oxygen atoms in total. The van der Waals surface area contributed by atoms with Crippen molar-refractivity contribution in [1.29, 1.82) is 0 Å². The van der Waals surface area contributed by atoms with Crippen LogP contribution < -0.4 is 10.1 Å². The molecule has 0 fully saturated rings. The highest BCUT2D eigenvalue weighted by Gasteiger charge is 2.33. The zero-order valence-electron chi connectivity index (χ0n) is 11.3. The van der Waals surface area contributed by atoms with Gasteiger partial charge < -0.3 is 15.2 Å². The molecule has 110 valence electrons. The van der Waals surface area contributed by atoms with Gasteiger partial charge >= 0.3 is 5.97 Å². The number of rotatable bonds is 6. The normalized spacial score (nSPS) is 13.4. The molecule has 0 saturated heterocycles. The van der Waals surface area contributed by atoms with E-state index in [1.54, 1.807) is 6.92 Å². The Hall–Kier alpha value is -2.38. The van der Waals surface area contributed by atoms with E-state index < -0.39 is 27.9 Å². The van der Waals surface area contributed by atoms with Crippen molar-refractivity contribution in [3.05, 3.63) is 28.1 Å². The van der Waals surface area contributed by atoms with E-state index >= 15 is 0 Å². The third-order valence-corrected chi connectivity index (χ3v) is 3.06. The number of benzene rings is 1. The number of nitro benzene ring substituents is 1. The lowest BCUT2D eigenvalue weighted by Gasteiger charge is -2.25. The first-order chi connectivity index (χ1) is 9.25. The Bertz CT molecular complexity index is 549. The van der Waals surface area contributed by atoms with Crippen molar-refractivity contribution in [3.8, 4) is 5.75 Å². The van der Waals surface area contributed by atoms with Crippen LogP contribution in [0.4, 0.5) is 15.8 Å². The number of ether oxygens (including phenoxy) is 1. The highest BCUT2D eigenvalue weighted by atomic mass is 19.1. The van der Waals surface area contributed by atoms with Crippen molar-refractivity contribution in [3.63, 3.8) is 0 Å². The molecule has 1 unspecified atom stereocenters. The van der Waals surface area contributed by atoms with Crippen molar-refractivity contribution in [2.24, 2.45) is 0 Å². The maximum Gasteiger partial charge on any atom is 0.329 e. The standard InChI is InChI=1S/C12H15FN2O5/c1-4-12(2,11(16)17)14-8-6-10(20-3)7(13)5-9(8)15(18)19/h5-6,14H,4H2,1-3H3,(H,16,17). The first-order valence-corrected chi connectivity index (χ1v) is 5.78. The topological polar surface area (TPSA) is 102 Å². The molecule has 0 aliphatic rings. The molecule has 0 amide bonds. The molecule has 2 N–H and O–H groups in total. The number of hydrogen-bond donors (Lipinski definition) is 2. The van der Waals surface area contributed by atoms with Crippen LogP contribution in [0.15, 0.2) is 12.1 Å². The second-order valence-electron chi connectivity index (χ2n) is 4.38. The molecule has 0 radical (unpaired) electrons. The Morgan fingerprint density at radius 3 is 2.60 bits per heavy atom. The minimum Gasteiger partial charge on any atom is -0.494 e. The van der Waals surface area contributed by atoms with Gasteiger partial charge in [-0.1, -0.05) is 6.92 Å². The van der Waals surface area contributed by atoms with Crippen LogP contribution in [-0.4, -0.2) is 28.6 Å². The molecule has 1 aromatic rings. The Morgan fingerprint density at radius 1 is 1.60 bits per heavy atom. The quantitative estimate of drug-likeness (QED) is 0.615. The summed E-state index contributed by atoms with van der Waals surface area (Å²) in [5.74, 6) is -2.27.